The van der Waals surface area contributed by atoms with Crippen LogP contribution in [0.2, 0.25) is 0 Å². The first-order valence-electron chi connectivity index (χ1n) is 7.91. The summed E-state index contributed by atoms with van der Waals surface area (Å²) < 4.78 is 34.8. The van der Waals surface area contributed by atoms with Crippen LogP contribution in [0.1, 0.15) is 31.6 Å². The lowest BCUT2D eigenvalue weighted by Gasteiger charge is -2.37. The van der Waals surface area contributed by atoms with Gasteiger partial charge in [-0.2, -0.15) is 0 Å². The summed E-state index contributed by atoms with van der Waals surface area (Å²) in [5.74, 6) is 0. The van der Waals surface area contributed by atoms with Gasteiger partial charge in [-0.1, -0.05) is 6.92 Å². The molecule has 2 bridgehead atoms. The highest BCUT2D eigenvalue weighted by atomic mass is 31.2. The van der Waals surface area contributed by atoms with Gasteiger partial charge in [0.25, 0.3) is 5.56 Å². The summed E-state index contributed by atoms with van der Waals surface area (Å²) in [5.41, 5.74) is -1.70. The van der Waals surface area contributed by atoms with Crippen LogP contribution in [-0.2, 0) is 23.1 Å². The summed E-state index contributed by atoms with van der Waals surface area (Å²) in [6.45, 7) is 3.78. The number of fused-ring (bicyclic) bond motifs is 2. The molecule has 10 nitrogen and oxygen atoms in total. The molecule has 1 aromatic heterocycles. The fraction of sp³-hybridized carbons (Fsp3) is 0.714. The monoisotopic (exact) mass is 376 g/mol. The lowest BCUT2D eigenvalue weighted by molar-refractivity contribution is -0.120. The van der Waals surface area contributed by atoms with Crippen molar-refractivity contribution in [1.82, 2.24) is 9.55 Å². The quantitative estimate of drug-likeness (QED) is 0.709. The number of H-pyrrole nitrogens is 1. The molecule has 2 aliphatic heterocycles. The largest absolute Gasteiger partial charge is 0.472 e. The van der Waals surface area contributed by atoms with E-state index in [4.69, 9.17) is 14.0 Å². The van der Waals surface area contributed by atoms with Crippen molar-refractivity contribution in [1.29, 1.82) is 0 Å². The zero-order chi connectivity index (χ0) is 18.4. The molecule has 0 spiro atoms. The number of rotatable bonds is 5. The number of aryl methyl sites for hydroxylation is 1. The van der Waals surface area contributed by atoms with Gasteiger partial charge in [0.15, 0.2) is 6.23 Å². The molecule has 2 saturated heterocycles. The van der Waals surface area contributed by atoms with E-state index in [0.29, 0.717) is 25.0 Å². The highest BCUT2D eigenvalue weighted by molar-refractivity contribution is 7.47. The number of nitrogens with zero attached hydrogens (tertiary/aromatic N) is 1. The summed E-state index contributed by atoms with van der Waals surface area (Å²) >= 11 is 0. The van der Waals surface area contributed by atoms with E-state index in [-0.39, 0.29) is 0 Å². The fourth-order valence-corrected chi connectivity index (χ4v) is 4.04. The van der Waals surface area contributed by atoms with Gasteiger partial charge in [0, 0.05) is 25.3 Å². The van der Waals surface area contributed by atoms with Crippen molar-refractivity contribution in [3.05, 3.63) is 32.6 Å². The summed E-state index contributed by atoms with van der Waals surface area (Å²) in [5, 5.41) is 0. The number of aromatic amines is 1. The van der Waals surface area contributed by atoms with Crippen molar-refractivity contribution in [3.63, 3.8) is 0 Å². The molecule has 0 aliphatic carbocycles. The van der Waals surface area contributed by atoms with Gasteiger partial charge in [-0.05, 0) is 13.3 Å². The minimum atomic E-state index is -4.28. The predicted octanol–water partition coefficient (Wildman–Crippen LogP) is 0.444. The molecular weight excluding hydrogens is 355 g/mol. The molecule has 11 heteroatoms. The molecule has 1 aromatic rings. The zero-order valence-corrected chi connectivity index (χ0v) is 15.0. The van der Waals surface area contributed by atoms with Gasteiger partial charge in [-0.15, -0.1) is 0 Å². The Kier molecular flexibility index (Phi) is 4.78. The van der Waals surface area contributed by atoms with Crippen molar-refractivity contribution in [3.8, 4) is 0 Å². The molecule has 2 aliphatic rings. The van der Waals surface area contributed by atoms with Crippen molar-refractivity contribution < 1.29 is 28.0 Å². The van der Waals surface area contributed by atoms with Crippen LogP contribution in [0.15, 0.2) is 15.8 Å². The van der Waals surface area contributed by atoms with Crippen molar-refractivity contribution in [2.45, 2.75) is 50.7 Å². The molecule has 2 N–H and O–H groups in total. The Morgan fingerprint density at radius 1 is 1.52 bits per heavy atom. The first-order chi connectivity index (χ1) is 11.7. The predicted molar refractivity (Wildman–Crippen MR) is 85.3 cm³/mol. The van der Waals surface area contributed by atoms with Crippen molar-refractivity contribution in [2.75, 3.05) is 13.7 Å². The van der Waals surface area contributed by atoms with Crippen molar-refractivity contribution in [2.24, 2.45) is 0 Å². The van der Waals surface area contributed by atoms with E-state index in [1.54, 1.807) is 6.92 Å². The summed E-state index contributed by atoms with van der Waals surface area (Å²) in [6.07, 6.45) is -0.298. The first kappa shape index (κ1) is 18.5. The van der Waals surface area contributed by atoms with Crippen LogP contribution in [0.25, 0.3) is 0 Å². The zero-order valence-electron chi connectivity index (χ0n) is 14.1. The van der Waals surface area contributed by atoms with Gasteiger partial charge < -0.3 is 14.4 Å². The third-order valence-electron chi connectivity index (χ3n) is 4.78. The molecule has 25 heavy (non-hydrogen) atoms. The minimum Gasteiger partial charge on any atom is -0.371 e. The molecule has 0 radical (unpaired) electrons. The molecule has 3 heterocycles. The van der Waals surface area contributed by atoms with Crippen LogP contribution < -0.4 is 11.2 Å². The number of hydrogen-bond donors (Lipinski definition) is 2. The molecule has 0 saturated carbocycles. The average Bonchev–Trinajstić information content (AvgIpc) is 2.73. The molecule has 5 atom stereocenters. The van der Waals surface area contributed by atoms with E-state index in [0.717, 1.165) is 7.11 Å². The van der Waals surface area contributed by atoms with Gasteiger partial charge in [0.2, 0.25) is 0 Å². The van der Waals surface area contributed by atoms with E-state index in [1.807, 2.05) is 6.92 Å². The van der Waals surface area contributed by atoms with Gasteiger partial charge in [0.1, 0.15) is 17.8 Å². The van der Waals surface area contributed by atoms with Gasteiger partial charge in [0.05, 0.1) is 6.61 Å². The summed E-state index contributed by atoms with van der Waals surface area (Å²) in [7, 11) is -3.22. The molecule has 2 fully saturated rings. The van der Waals surface area contributed by atoms with E-state index in [1.165, 1.54) is 10.8 Å². The highest BCUT2D eigenvalue weighted by Crippen LogP contribution is 2.54. The lowest BCUT2D eigenvalue weighted by Crippen LogP contribution is -2.49. The van der Waals surface area contributed by atoms with E-state index < -0.39 is 43.1 Å². The smallest absolute Gasteiger partial charge is 0.371 e. The number of phosphoric ester groups is 1. The third-order valence-corrected chi connectivity index (χ3v) is 5.74. The van der Waals surface area contributed by atoms with Gasteiger partial charge >= 0.3 is 13.5 Å². The number of nitrogens with one attached hydrogen (secondary N) is 1. The Bertz CT molecular complexity index is 820. The normalized spacial score (nSPS) is 34.0. The lowest BCUT2D eigenvalue weighted by atomic mass is 9.87. The summed E-state index contributed by atoms with van der Waals surface area (Å²) in [6, 6.07) is 0. The molecule has 1 unspecified atom stereocenters. The maximum absolute atomic E-state index is 12.2. The Morgan fingerprint density at radius 2 is 2.24 bits per heavy atom. The molecule has 3 rings (SSSR count). The van der Waals surface area contributed by atoms with Gasteiger partial charge in [-0.3, -0.25) is 23.4 Å². The second-order valence-corrected chi connectivity index (χ2v) is 7.68. The Balaban J connectivity index is 2.04. The van der Waals surface area contributed by atoms with Crippen LogP contribution in [0.5, 0.6) is 0 Å². The maximum atomic E-state index is 12.2. The SMILES string of the molecule is CC[C@@]12CCO[C@@H]([C@H]1OP(=O)(O)OC)[C@@H](n1cc(C)c(=O)[nH]c1=O)O2. The van der Waals surface area contributed by atoms with E-state index in [2.05, 4.69) is 9.51 Å². The Labute approximate surface area is 143 Å². The third kappa shape index (κ3) is 3.14. The molecule has 0 aromatic carbocycles. The second kappa shape index (κ2) is 6.46. The van der Waals surface area contributed by atoms with Crippen LogP contribution in [-0.4, -0.2) is 46.0 Å². The van der Waals surface area contributed by atoms with Crippen LogP contribution >= 0.6 is 7.82 Å². The topological polar surface area (TPSA) is 129 Å². The maximum Gasteiger partial charge on any atom is 0.472 e. The van der Waals surface area contributed by atoms with Gasteiger partial charge in [-0.25, -0.2) is 9.36 Å². The minimum absolute atomic E-state index is 0.331. The van der Waals surface area contributed by atoms with Crippen LogP contribution in [0.4, 0.5) is 0 Å². The molecule has 0 amide bonds. The first-order valence-corrected chi connectivity index (χ1v) is 9.41. The number of aromatic nitrogens is 2. The van der Waals surface area contributed by atoms with Crippen LogP contribution in [0, 0.1) is 6.92 Å². The summed E-state index contributed by atoms with van der Waals surface area (Å²) in [4.78, 5) is 35.7. The Hall–Kier alpha value is -1.29. The van der Waals surface area contributed by atoms with Crippen molar-refractivity contribution >= 4 is 7.82 Å². The number of ether oxygens (including phenoxy) is 2. The average molecular weight is 376 g/mol. The Morgan fingerprint density at radius 3 is 2.88 bits per heavy atom. The fourth-order valence-electron chi connectivity index (χ4n) is 3.36. The van der Waals surface area contributed by atoms with E-state index in [9.17, 15) is 19.0 Å². The van der Waals surface area contributed by atoms with E-state index >= 15 is 0 Å². The second-order valence-electron chi connectivity index (χ2n) is 6.17. The molecule has 140 valence electrons. The number of phosphoric acid groups is 1. The standard InChI is InChI=1S/C14H21N2O8P/c1-4-14-5-6-22-9(10(14)24-25(19,20)21-3)12(23-14)16-7-8(2)11(17)15-13(16)18/h7,9-10,12H,4-6H2,1-3H3,(H,19,20)(H,15,17,18)/t9-,10+,12-,14+/m0/s1. The number of hydrogen-bond acceptors (Lipinski definition) is 7. The highest BCUT2D eigenvalue weighted by Gasteiger charge is 2.60. The van der Waals surface area contributed by atoms with Crippen LogP contribution in [0.3, 0.4) is 0 Å². The molecular formula is C14H21N2O8P.